The number of ether oxygens (including phenoxy) is 2. The third-order valence-electron chi connectivity index (χ3n) is 2.73. The van der Waals surface area contributed by atoms with Gasteiger partial charge in [0, 0.05) is 13.8 Å². The number of esters is 2. The molecule has 0 unspecified atom stereocenters. The average molecular weight is 276 g/mol. The Morgan fingerprint density at radius 2 is 1.70 bits per heavy atom. The molecule has 1 aromatic carbocycles. The Hall–Kier alpha value is -2.37. The molecular weight excluding hydrogens is 260 g/mol. The summed E-state index contributed by atoms with van der Waals surface area (Å²) in [4.78, 5) is 23.4. The standard InChI is InChI=1S/C14H16N2O4/c1-8-5-6-10(9(2)7-8)15-16-11-12(17)19-14(3,4)20-13(11)18/h5-7,15H,1-4H3. The van der Waals surface area contributed by atoms with Crippen LogP contribution in [0.3, 0.4) is 0 Å². The number of carbonyl (C=O) groups is 2. The Morgan fingerprint density at radius 1 is 1.10 bits per heavy atom. The topological polar surface area (TPSA) is 77.0 Å². The van der Waals surface area contributed by atoms with Crippen molar-refractivity contribution in [3.05, 3.63) is 29.3 Å². The van der Waals surface area contributed by atoms with Crippen molar-refractivity contribution in [2.75, 3.05) is 5.43 Å². The number of hydrogen-bond donors (Lipinski definition) is 1. The molecule has 0 spiro atoms. The molecule has 0 radical (unpaired) electrons. The lowest BCUT2D eigenvalue weighted by molar-refractivity contribution is -0.214. The monoisotopic (exact) mass is 276 g/mol. The Labute approximate surface area is 116 Å². The molecule has 0 saturated carbocycles. The van der Waals surface area contributed by atoms with Crippen LogP contribution in [0.5, 0.6) is 0 Å². The van der Waals surface area contributed by atoms with Gasteiger partial charge in [0.1, 0.15) is 0 Å². The first-order valence-electron chi connectivity index (χ1n) is 6.16. The maximum absolute atomic E-state index is 11.7. The van der Waals surface area contributed by atoms with E-state index in [9.17, 15) is 9.59 Å². The van der Waals surface area contributed by atoms with Gasteiger partial charge in [0.25, 0.3) is 11.5 Å². The number of benzene rings is 1. The second-order valence-electron chi connectivity index (χ2n) is 5.07. The SMILES string of the molecule is Cc1ccc(NN=C2C(=O)OC(C)(C)OC2=O)c(C)c1. The second-order valence-corrected chi connectivity index (χ2v) is 5.07. The van der Waals surface area contributed by atoms with Crippen molar-refractivity contribution in [3.8, 4) is 0 Å². The minimum Gasteiger partial charge on any atom is -0.418 e. The minimum absolute atomic E-state index is 0.399. The quantitative estimate of drug-likeness (QED) is 0.659. The third kappa shape index (κ3) is 2.96. The van der Waals surface area contributed by atoms with Gasteiger partial charge in [-0.25, -0.2) is 9.59 Å². The zero-order chi connectivity index (χ0) is 14.9. The highest BCUT2D eigenvalue weighted by Gasteiger charge is 2.40. The predicted molar refractivity (Wildman–Crippen MR) is 73.2 cm³/mol. The number of hydrogen-bond acceptors (Lipinski definition) is 6. The molecule has 6 heteroatoms. The molecule has 1 saturated heterocycles. The first-order chi connectivity index (χ1) is 9.28. The third-order valence-corrected chi connectivity index (χ3v) is 2.73. The van der Waals surface area contributed by atoms with Crippen molar-refractivity contribution < 1.29 is 19.1 Å². The molecule has 20 heavy (non-hydrogen) atoms. The molecule has 1 heterocycles. The van der Waals surface area contributed by atoms with E-state index in [4.69, 9.17) is 9.47 Å². The summed E-state index contributed by atoms with van der Waals surface area (Å²) in [5.74, 6) is -2.86. The van der Waals surface area contributed by atoms with E-state index in [1.54, 1.807) is 0 Å². The fourth-order valence-electron chi connectivity index (χ4n) is 1.79. The van der Waals surface area contributed by atoms with Crippen molar-refractivity contribution in [1.82, 2.24) is 0 Å². The normalized spacial score (nSPS) is 17.3. The van der Waals surface area contributed by atoms with Crippen molar-refractivity contribution in [1.29, 1.82) is 0 Å². The van der Waals surface area contributed by atoms with E-state index in [2.05, 4.69) is 10.5 Å². The van der Waals surface area contributed by atoms with E-state index in [1.165, 1.54) is 13.8 Å². The zero-order valence-corrected chi connectivity index (χ0v) is 11.8. The van der Waals surface area contributed by atoms with Crippen molar-refractivity contribution in [3.63, 3.8) is 0 Å². The van der Waals surface area contributed by atoms with Gasteiger partial charge in [-0.05, 0) is 25.5 Å². The minimum atomic E-state index is -1.26. The molecular formula is C14H16N2O4. The lowest BCUT2D eigenvalue weighted by Gasteiger charge is -2.28. The van der Waals surface area contributed by atoms with Gasteiger partial charge < -0.3 is 9.47 Å². The largest absolute Gasteiger partial charge is 0.418 e. The number of nitrogens with zero attached hydrogens (tertiary/aromatic N) is 1. The van der Waals surface area contributed by atoms with Crippen LogP contribution in [0.2, 0.25) is 0 Å². The summed E-state index contributed by atoms with van der Waals surface area (Å²) < 4.78 is 9.88. The number of rotatable bonds is 2. The summed E-state index contributed by atoms with van der Waals surface area (Å²) in [6.07, 6.45) is 0. The second kappa shape index (κ2) is 4.96. The lowest BCUT2D eigenvalue weighted by atomic mass is 10.1. The van der Waals surface area contributed by atoms with Gasteiger partial charge in [-0.1, -0.05) is 17.7 Å². The molecule has 0 aromatic heterocycles. The van der Waals surface area contributed by atoms with Crippen LogP contribution in [-0.4, -0.2) is 23.4 Å². The molecule has 0 amide bonds. The number of cyclic esters (lactones) is 2. The first-order valence-corrected chi connectivity index (χ1v) is 6.16. The maximum atomic E-state index is 11.7. The van der Waals surface area contributed by atoms with E-state index in [1.807, 2.05) is 32.0 Å². The molecule has 1 aromatic rings. The molecule has 6 nitrogen and oxygen atoms in total. The number of hydrazone groups is 1. The molecule has 0 bridgehead atoms. The summed E-state index contributed by atoms with van der Waals surface area (Å²) in [6, 6.07) is 5.68. The molecule has 1 fully saturated rings. The van der Waals surface area contributed by atoms with Crippen LogP contribution in [-0.2, 0) is 19.1 Å². The zero-order valence-electron chi connectivity index (χ0n) is 11.8. The van der Waals surface area contributed by atoms with Crippen molar-refractivity contribution in [2.24, 2.45) is 5.10 Å². The van der Waals surface area contributed by atoms with E-state index < -0.39 is 23.4 Å². The number of carbonyl (C=O) groups excluding carboxylic acids is 2. The summed E-state index contributed by atoms with van der Waals surface area (Å²) in [5, 5.41) is 3.79. The highest BCUT2D eigenvalue weighted by atomic mass is 16.7. The number of anilines is 1. The van der Waals surface area contributed by atoms with Gasteiger partial charge in [-0.15, -0.1) is 0 Å². The van der Waals surface area contributed by atoms with Gasteiger partial charge in [-0.2, -0.15) is 5.10 Å². The van der Waals surface area contributed by atoms with Gasteiger partial charge in [0.2, 0.25) is 0 Å². The number of aryl methyl sites for hydroxylation is 2. The summed E-state index contributed by atoms with van der Waals surface area (Å²) >= 11 is 0. The predicted octanol–water partition coefficient (Wildman–Crippen LogP) is 1.91. The molecule has 1 aliphatic rings. The molecule has 1 aliphatic heterocycles. The molecule has 106 valence electrons. The van der Waals surface area contributed by atoms with E-state index >= 15 is 0 Å². The van der Waals surface area contributed by atoms with Gasteiger partial charge >= 0.3 is 11.9 Å². The maximum Gasteiger partial charge on any atom is 0.369 e. The lowest BCUT2D eigenvalue weighted by Crippen LogP contribution is -2.47. The Bertz CT molecular complexity index is 583. The average Bonchev–Trinajstić information content (AvgIpc) is 2.28. The van der Waals surface area contributed by atoms with Crippen LogP contribution < -0.4 is 5.43 Å². The van der Waals surface area contributed by atoms with E-state index in [-0.39, 0.29) is 0 Å². The van der Waals surface area contributed by atoms with Crippen LogP contribution in [0, 0.1) is 13.8 Å². The van der Waals surface area contributed by atoms with E-state index in [0.717, 1.165) is 11.1 Å². The Kier molecular flexibility index (Phi) is 3.48. The first kappa shape index (κ1) is 14.0. The summed E-state index contributed by atoms with van der Waals surface area (Å²) in [6.45, 7) is 6.84. The highest BCUT2D eigenvalue weighted by molar-refractivity contribution is 6.63. The van der Waals surface area contributed by atoms with Crippen LogP contribution in [0.4, 0.5) is 5.69 Å². The summed E-state index contributed by atoms with van der Waals surface area (Å²) in [5.41, 5.74) is 5.05. The fraction of sp³-hybridized carbons (Fsp3) is 0.357. The molecule has 2 rings (SSSR count). The van der Waals surface area contributed by atoms with Gasteiger partial charge in [0.15, 0.2) is 0 Å². The molecule has 1 N–H and O–H groups in total. The number of nitrogens with one attached hydrogen (secondary N) is 1. The Morgan fingerprint density at radius 3 is 2.25 bits per heavy atom. The van der Waals surface area contributed by atoms with E-state index in [0.29, 0.717) is 5.69 Å². The van der Waals surface area contributed by atoms with Crippen LogP contribution in [0.1, 0.15) is 25.0 Å². The molecule has 0 aliphatic carbocycles. The highest BCUT2D eigenvalue weighted by Crippen LogP contribution is 2.19. The molecule has 0 atom stereocenters. The fourth-order valence-corrected chi connectivity index (χ4v) is 1.79. The smallest absolute Gasteiger partial charge is 0.369 e. The van der Waals surface area contributed by atoms with Crippen LogP contribution >= 0.6 is 0 Å². The van der Waals surface area contributed by atoms with Crippen LogP contribution in [0.25, 0.3) is 0 Å². The van der Waals surface area contributed by atoms with Crippen LogP contribution in [0.15, 0.2) is 23.3 Å². The van der Waals surface area contributed by atoms with Crippen molar-refractivity contribution in [2.45, 2.75) is 33.5 Å². The summed E-state index contributed by atoms with van der Waals surface area (Å²) in [7, 11) is 0. The van der Waals surface area contributed by atoms with Gasteiger partial charge in [0.05, 0.1) is 5.69 Å². The van der Waals surface area contributed by atoms with Gasteiger partial charge in [-0.3, -0.25) is 5.43 Å². The Balaban J connectivity index is 2.19. The van der Waals surface area contributed by atoms with Crippen molar-refractivity contribution >= 4 is 23.3 Å².